The fraction of sp³-hybridized carbons (Fsp3) is 0.333. The molecule has 0 aliphatic heterocycles. The molecule has 0 spiro atoms. The molecule has 0 aliphatic carbocycles. The molecule has 2 heteroatoms. The van der Waals surface area contributed by atoms with Crippen molar-refractivity contribution in [2.75, 3.05) is 12.9 Å². The molecule has 0 saturated carbocycles. The molecule has 0 amide bonds. The molecule has 1 aromatic carbocycles. The van der Waals surface area contributed by atoms with Gasteiger partial charge in [0.25, 0.3) is 0 Å². The lowest BCUT2D eigenvalue weighted by atomic mass is 10.3. The monoisotopic (exact) mass is 167 g/mol. The number of ether oxygens (including phenoxy) is 1. The summed E-state index contributed by atoms with van der Waals surface area (Å²) >= 11 is 1.71. The van der Waals surface area contributed by atoms with E-state index in [-0.39, 0.29) is 0 Å². The molecule has 0 aromatic heterocycles. The van der Waals surface area contributed by atoms with E-state index in [1.807, 2.05) is 31.4 Å². The summed E-state index contributed by atoms with van der Waals surface area (Å²) in [6.07, 6.45) is 2.05. The molecular weight excluding hydrogens is 156 g/mol. The first kappa shape index (κ1) is 8.47. The Labute approximate surface area is 71.8 Å². The quantitative estimate of drug-likeness (QED) is 0.640. The Kier molecular flexibility index (Phi) is 3.30. The summed E-state index contributed by atoms with van der Waals surface area (Å²) in [6, 6.07) is 8.96. The molecule has 1 rings (SSSR count). The van der Waals surface area contributed by atoms with Crippen LogP contribution in [0.4, 0.5) is 0 Å². The maximum atomic E-state index is 5.24. The first-order valence-electron chi connectivity index (χ1n) is 3.55. The Bertz CT molecular complexity index is 205. The van der Waals surface area contributed by atoms with Gasteiger partial charge in [-0.1, -0.05) is 0 Å². The molecule has 0 fully saturated rings. The second-order valence-electron chi connectivity index (χ2n) is 2.03. The second kappa shape index (κ2) is 4.29. The van der Waals surface area contributed by atoms with E-state index in [1.165, 1.54) is 4.90 Å². The lowest BCUT2D eigenvalue weighted by molar-refractivity contribution is 0.339. The van der Waals surface area contributed by atoms with E-state index in [0.29, 0.717) is 6.61 Å². The van der Waals surface area contributed by atoms with Crippen molar-refractivity contribution in [3.05, 3.63) is 24.3 Å². The van der Waals surface area contributed by atoms with Crippen LogP contribution in [0.5, 0.6) is 5.75 Å². The summed E-state index contributed by atoms with van der Waals surface area (Å²) < 4.78 is 5.24. The van der Waals surface area contributed by atoms with Crippen LogP contribution in [0.25, 0.3) is 0 Å². The standard InChI is InChI=1S/C9H11OS/c1-3-10-8-4-6-9(11-2)7-5-8/h4,6-7H,3H2,1-2H3. The van der Waals surface area contributed by atoms with Crippen molar-refractivity contribution in [1.29, 1.82) is 0 Å². The van der Waals surface area contributed by atoms with Crippen LogP contribution < -0.4 is 4.74 Å². The first-order chi connectivity index (χ1) is 5.36. The van der Waals surface area contributed by atoms with Gasteiger partial charge in [-0.3, -0.25) is 0 Å². The largest absolute Gasteiger partial charge is 0.493 e. The minimum absolute atomic E-state index is 0.703. The summed E-state index contributed by atoms with van der Waals surface area (Å²) in [4.78, 5) is 1.22. The molecule has 1 radical (unpaired) electrons. The molecule has 1 aromatic rings. The minimum Gasteiger partial charge on any atom is -0.493 e. The van der Waals surface area contributed by atoms with E-state index >= 15 is 0 Å². The van der Waals surface area contributed by atoms with Gasteiger partial charge in [-0.05, 0) is 31.4 Å². The summed E-state index contributed by atoms with van der Waals surface area (Å²) in [7, 11) is 0. The molecule has 0 N–H and O–H groups in total. The van der Waals surface area contributed by atoms with Gasteiger partial charge in [0.2, 0.25) is 0 Å². The third-order valence-corrected chi connectivity index (χ3v) is 2.02. The lowest BCUT2D eigenvalue weighted by Crippen LogP contribution is -1.90. The van der Waals surface area contributed by atoms with Crippen LogP contribution in [0.15, 0.2) is 23.1 Å². The SMILES string of the molecule is CCOc1[c]cc(SC)cc1. The Morgan fingerprint density at radius 1 is 1.55 bits per heavy atom. The maximum Gasteiger partial charge on any atom is 0.127 e. The predicted molar refractivity (Wildman–Crippen MR) is 48.2 cm³/mol. The zero-order valence-corrected chi connectivity index (χ0v) is 7.57. The fourth-order valence-corrected chi connectivity index (χ4v) is 1.15. The van der Waals surface area contributed by atoms with Crippen LogP contribution in [0, 0.1) is 6.07 Å². The van der Waals surface area contributed by atoms with E-state index in [2.05, 4.69) is 6.07 Å². The normalized spacial score (nSPS) is 9.64. The number of hydrogen-bond donors (Lipinski definition) is 0. The first-order valence-corrected chi connectivity index (χ1v) is 4.78. The minimum atomic E-state index is 0.703. The van der Waals surface area contributed by atoms with E-state index in [1.54, 1.807) is 11.8 Å². The highest BCUT2D eigenvalue weighted by Crippen LogP contribution is 2.17. The van der Waals surface area contributed by atoms with Gasteiger partial charge < -0.3 is 4.74 Å². The van der Waals surface area contributed by atoms with Gasteiger partial charge in [0.1, 0.15) is 5.75 Å². The van der Waals surface area contributed by atoms with Crippen molar-refractivity contribution in [3.63, 3.8) is 0 Å². The van der Waals surface area contributed by atoms with E-state index in [9.17, 15) is 0 Å². The van der Waals surface area contributed by atoms with Crippen LogP contribution >= 0.6 is 11.8 Å². The van der Waals surface area contributed by atoms with Crippen molar-refractivity contribution in [3.8, 4) is 5.75 Å². The van der Waals surface area contributed by atoms with Crippen molar-refractivity contribution in [1.82, 2.24) is 0 Å². The van der Waals surface area contributed by atoms with Gasteiger partial charge in [-0.25, -0.2) is 0 Å². The predicted octanol–water partition coefficient (Wildman–Crippen LogP) is 2.61. The molecule has 1 nitrogen and oxygen atoms in total. The fourth-order valence-electron chi connectivity index (χ4n) is 0.769. The van der Waals surface area contributed by atoms with Crippen LogP contribution in [0.1, 0.15) is 6.92 Å². The highest BCUT2D eigenvalue weighted by molar-refractivity contribution is 7.98. The third-order valence-electron chi connectivity index (χ3n) is 1.29. The number of hydrogen-bond acceptors (Lipinski definition) is 2. The number of benzene rings is 1. The molecule has 0 atom stereocenters. The van der Waals surface area contributed by atoms with Gasteiger partial charge in [0.05, 0.1) is 6.61 Å². The van der Waals surface area contributed by atoms with E-state index in [0.717, 1.165) is 5.75 Å². The van der Waals surface area contributed by atoms with Crippen LogP contribution in [0.3, 0.4) is 0 Å². The van der Waals surface area contributed by atoms with Gasteiger partial charge in [-0.15, -0.1) is 11.8 Å². The van der Waals surface area contributed by atoms with Crippen molar-refractivity contribution >= 4 is 11.8 Å². The third kappa shape index (κ3) is 2.46. The average molecular weight is 167 g/mol. The Balaban J connectivity index is 2.66. The van der Waals surface area contributed by atoms with Crippen LogP contribution in [0.2, 0.25) is 0 Å². The molecule has 59 valence electrons. The van der Waals surface area contributed by atoms with E-state index < -0.39 is 0 Å². The molecule has 11 heavy (non-hydrogen) atoms. The topological polar surface area (TPSA) is 9.23 Å². The van der Waals surface area contributed by atoms with Crippen molar-refractivity contribution in [2.24, 2.45) is 0 Å². The lowest BCUT2D eigenvalue weighted by Gasteiger charge is -2.01. The number of rotatable bonds is 3. The van der Waals surface area contributed by atoms with E-state index in [4.69, 9.17) is 4.74 Å². The molecule has 0 saturated heterocycles. The molecule has 0 aliphatic rings. The Hall–Kier alpha value is -0.630. The van der Waals surface area contributed by atoms with Gasteiger partial charge in [0, 0.05) is 11.0 Å². The molecule has 0 unspecified atom stereocenters. The molecular formula is C9H11OS. The van der Waals surface area contributed by atoms with Crippen LogP contribution in [-0.2, 0) is 0 Å². The smallest absolute Gasteiger partial charge is 0.127 e. The van der Waals surface area contributed by atoms with Gasteiger partial charge in [0.15, 0.2) is 0 Å². The van der Waals surface area contributed by atoms with Crippen molar-refractivity contribution in [2.45, 2.75) is 11.8 Å². The Morgan fingerprint density at radius 3 is 2.82 bits per heavy atom. The maximum absolute atomic E-state index is 5.24. The highest BCUT2D eigenvalue weighted by Gasteiger charge is 1.91. The highest BCUT2D eigenvalue weighted by atomic mass is 32.2. The zero-order valence-electron chi connectivity index (χ0n) is 6.76. The van der Waals surface area contributed by atoms with Gasteiger partial charge in [-0.2, -0.15) is 0 Å². The molecule has 0 heterocycles. The summed E-state index contributed by atoms with van der Waals surface area (Å²) in [5.74, 6) is 0.824. The summed E-state index contributed by atoms with van der Waals surface area (Å²) in [5.41, 5.74) is 0. The van der Waals surface area contributed by atoms with Gasteiger partial charge >= 0.3 is 0 Å². The second-order valence-corrected chi connectivity index (χ2v) is 2.91. The van der Waals surface area contributed by atoms with Crippen LogP contribution in [-0.4, -0.2) is 12.9 Å². The Morgan fingerprint density at radius 2 is 2.36 bits per heavy atom. The molecule has 0 bridgehead atoms. The average Bonchev–Trinajstić information content (AvgIpc) is 2.07. The number of thioether (sulfide) groups is 1. The zero-order chi connectivity index (χ0) is 8.10. The summed E-state index contributed by atoms with van der Waals surface area (Å²) in [6.45, 7) is 2.67. The van der Waals surface area contributed by atoms with Crippen molar-refractivity contribution < 1.29 is 4.74 Å². The summed E-state index contributed by atoms with van der Waals surface area (Å²) in [5, 5.41) is 0.